The zero-order valence-corrected chi connectivity index (χ0v) is 17.8. The Labute approximate surface area is 172 Å². The van der Waals surface area contributed by atoms with E-state index in [0.29, 0.717) is 18.8 Å². The molecule has 1 amide bonds. The fourth-order valence-electron chi connectivity index (χ4n) is 3.32. The molecule has 8 heteroatoms. The van der Waals surface area contributed by atoms with Gasteiger partial charge >= 0.3 is 0 Å². The van der Waals surface area contributed by atoms with Gasteiger partial charge in [-0.25, -0.2) is 8.42 Å². The van der Waals surface area contributed by atoms with E-state index in [-0.39, 0.29) is 16.6 Å². The monoisotopic (exact) mass is 417 g/mol. The zero-order valence-electron chi connectivity index (χ0n) is 17.0. The number of hydrogen-bond acceptors (Lipinski definition) is 6. The first-order chi connectivity index (χ1) is 13.8. The number of amides is 1. The van der Waals surface area contributed by atoms with Crippen LogP contribution in [0.5, 0.6) is 0 Å². The molecule has 0 unspecified atom stereocenters. The van der Waals surface area contributed by atoms with Gasteiger partial charge in [0.15, 0.2) is 9.84 Å². The number of carbonyl (C=O) groups excluding carboxylic acids is 1. The Morgan fingerprint density at radius 1 is 1.24 bits per heavy atom. The van der Waals surface area contributed by atoms with Crippen molar-refractivity contribution in [3.05, 3.63) is 58.9 Å². The van der Waals surface area contributed by atoms with Crippen LogP contribution in [0.25, 0.3) is 0 Å². The highest BCUT2D eigenvalue weighted by Gasteiger charge is 2.21. The maximum absolute atomic E-state index is 12.8. The van der Waals surface area contributed by atoms with Crippen molar-refractivity contribution < 1.29 is 17.9 Å². The first kappa shape index (κ1) is 21.4. The minimum Gasteiger partial charge on any atom is -0.379 e. The summed E-state index contributed by atoms with van der Waals surface area (Å²) >= 11 is 0. The van der Waals surface area contributed by atoms with Crippen molar-refractivity contribution in [2.75, 3.05) is 26.0 Å². The minimum atomic E-state index is -3.26. The highest BCUT2D eigenvalue weighted by Crippen LogP contribution is 2.22. The number of nitrogens with one attached hydrogen (secondary N) is 1. The zero-order chi connectivity index (χ0) is 21.0. The van der Waals surface area contributed by atoms with E-state index in [1.165, 1.54) is 0 Å². The van der Waals surface area contributed by atoms with Gasteiger partial charge in [-0.05, 0) is 43.3 Å². The largest absolute Gasteiger partial charge is 0.379 e. The average molecular weight is 418 g/mol. The molecule has 29 heavy (non-hydrogen) atoms. The summed E-state index contributed by atoms with van der Waals surface area (Å²) < 4.78 is 29.6. The molecule has 1 aliphatic heterocycles. The van der Waals surface area contributed by atoms with Crippen molar-refractivity contribution in [2.45, 2.75) is 37.9 Å². The molecule has 0 bridgehead atoms. The number of pyridine rings is 1. The number of nitrogens with zero attached hydrogens (tertiary/aromatic N) is 2. The van der Waals surface area contributed by atoms with Crippen LogP contribution in [0, 0.1) is 0 Å². The first-order valence-electron chi connectivity index (χ1n) is 9.71. The molecule has 2 aromatic rings. The molecule has 0 fully saturated rings. The quantitative estimate of drug-likeness (QED) is 0.709. The molecule has 1 aliphatic rings. The van der Waals surface area contributed by atoms with Crippen molar-refractivity contribution in [1.82, 2.24) is 15.2 Å². The summed E-state index contributed by atoms with van der Waals surface area (Å²) in [5, 5.41) is 2.99. The summed E-state index contributed by atoms with van der Waals surface area (Å²) in [4.78, 5) is 19.7. The highest BCUT2D eigenvalue weighted by atomic mass is 32.2. The molecular formula is C21H27N3O4S. The number of carbonyl (C=O) groups is 1. The second-order valence-electron chi connectivity index (χ2n) is 7.16. The van der Waals surface area contributed by atoms with Crippen LogP contribution in [0.4, 0.5) is 0 Å². The molecule has 1 atom stereocenters. The van der Waals surface area contributed by atoms with Crippen LogP contribution in [0.3, 0.4) is 0 Å². The summed E-state index contributed by atoms with van der Waals surface area (Å²) in [7, 11) is -1.25. The minimum absolute atomic E-state index is 0.0476. The maximum atomic E-state index is 12.8. The molecule has 0 saturated carbocycles. The Kier molecular flexibility index (Phi) is 6.66. The van der Waals surface area contributed by atoms with E-state index in [4.69, 9.17) is 4.74 Å². The summed E-state index contributed by atoms with van der Waals surface area (Å²) in [6, 6.07) is 8.09. The molecular weight excluding hydrogens is 390 g/mol. The third-order valence-electron chi connectivity index (χ3n) is 5.00. The van der Waals surface area contributed by atoms with E-state index in [9.17, 15) is 13.2 Å². The molecule has 7 nitrogen and oxygen atoms in total. The normalized spacial score (nSPS) is 15.1. The number of aromatic nitrogens is 1. The fraction of sp³-hybridized carbons (Fsp3) is 0.429. The third kappa shape index (κ3) is 5.01. The Morgan fingerprint density at radius 2 is 1.97 bits per heavy atom. The van der Waals surface area contributed by atoms with Crippen molar-refractivity contribution in [1.29, 1.82) is 0 Å². The van der Waals surface area contributed by atoms with Gasteiger partial charge in [0, 0.05) is 25.9 Å². The van der Waals surface area contributed by atoms with Gasteiger partial charge in [-0.3, -0.25) is 14.7 Å². The Hall–Kier alpha value is -2.29. The van der Waals surface area contributed by atoms with Crippen molar-refractivity contribution in [3.8, 4) is 0 Å². The second kappa shape index (κ2) is 9.02. The van der Waals surface area contributed by atoms with Gasteiger partial charge in [0.1, 0.15) is 0 Å². The van der Waals surface area contributed by atoms with E-state index in [1.807, 2.05) is 20.0 Å². The topological polar surface area (TPSA) is 88.6 Å². The molecule has 3 rings (SSSR count). The van der Waals surface area contributed by atoms with Gasteiger partial charge in [0.2, 0.25) is 0 Å². The van der Waals surface area contributed by atoms with E-state index in [2.05, 4.69) is 15.2 Å². The number of benzene rings is 1. The molecule has 0 radical (unpaired) electrons. The smallest absolute Gasteiger partial charge is 0.253 e. The number of fused-ring (bicyclic) bond motifs is 1. The third-order valence-corrected chi connectivity index (χ3v) is 6.75. The van der Waals surface area contributed by atoms with Gasteiger partial charge < -0.3 is 10.1 Å². The lowest BCUT2D eigenvalue weighted by molar-refractivity contribution is 0.0856. The lowest BCUT2D eigenvalue weighted by Crippen LogP contribution is -2.32. The Bertz CT molecular complexity index is 974. The SMILES string of the molecule is CCOC[C@H](NC(=O)c1cnc2c(c1)CN(C)C2)c1ccc(S(=O)(=O)CC)cc1. The number of ether oxygens (including phenoxy) is 1. The molecule has 1 N–H and O–H groups in total. The van der Waals surface area contributed by atoms with E-state index >= 15 is 0 Å². The number of sulfone groups is 1. The fourth-order valence-corrected chi connectivity index (χ4v) is 4.20. The molecule has 1 aromatic heterocycles. The van der Waals surface area contributed by atoms with Crippen LogP contribution in [0.2, 0.25) is 0 Å². The van der Waals surface area contributed by atoms with Crippen molar-refractivity contribution >= 4 is 15.7 Å². The highest BCUT2D eigenvalue weighted by molar-refractivity contribution is 7.91. The number of rotatable bonds is 8. The first-order valence-corrected chi connectivity index (χ1v) is 11.4. The second-order valence-corrected chi connectivity index (χ2v) is 9.44. The standard InChI is InChI=1S/C21H27N3O4S/c1-4-28-14-20(15-6-8-18(9-7-15)29(26,27)5-2)23-21(25)16-10-17-12-24(3)13-19(17)22-11-16/h6-11,20H,4-5,12-14H2,1-3H3,(H,23,25)/t20-/m0/s1. The summed E-state index contributed by atoms with van der Waals surface area (Å²) in [6.45, 7) is 5.88. The Balaban J connectivity index is 1.79. The predicted molar refractivity (Wildman–Crippen MR) is 110 cm³/mol. The van der Waals surface area contributed by atoms with Crippen LogP contribution < -0.4 is 5.32 Å². The van der Waals surface area contributed by atoms with E-state index in [1.54, 1.807) is 37.4 Å². The van der Waals surface area contributed by atoms with Crippen LogP contribution >= 0.6 is 0 Å². The lowest BCUT2D eigenvalue weighted by Gasteiger charge is -2.19. The van der Waals surface area contributed by atoms with Gasteiger partial charge in [0.25, 0.3) is 5.91 Å². The van der Waals surface area contributed by atoms with Gasteiger partial charge in [-0.1, -0.05) is 19.1 Å². The van der Waals surface area contributed by atoms with Crippen LogP contribution in [0.1, 0.15) is 47.1 Å². The van der Waals surface area contributed by atoms with E-state index in [0.717, 1.165) is 29.9 Å². The van der Waals surface area contributed by atoms with Crippen LogP contribution in [-0.2, 0) is 27.7 Å². The van der Waals surface area contributed by atoms with E-state index < -0.39 is 15.9 Å². The summed E-state index contributed by atoms with van der Waals surface area (Å²) in [6.07, 6.45) is 1.60. The average Bonchev–Trinajstić information content (AvgIpc) is 3.10. The maximum Gasteiger partial charge on any atom is 0.253 e. The summed E-state index contributed by atoms with van der Waals surface area (Å²) in [5.41, 5.74) is 3.36. The lowest BCUT2D eigenvalue weighted by atomic mass is 10.1. The Morgan fingerprint density at radius 3 is 2.62 bits per heavy atom. The van der Waals surface area contributed by atoms with Crippen molar-refractivity contribution in [2.24, 2.45) is 0 Å². The molecule has 156 valence electrons. The van der Waals surface area contributed by atoms with Gasteiger partial charge in [-0.2, -0.15) is 0 Å². The molecule has 2 heterocycles. The predicted octanol–water partition coefficient (Wildman–Crippen LogP) is 2.33. The molecule has 0 aliphatic carbocycles. The summed E-state index contributed by atoms with van der Waals surface area (Å²) in [5.74, 6) is -0.184. The van der Waals surface area contributed by atoms with Crippen LogP contribution in [0.15, 0.2) is 41.4 Å². The molecule has 0 spiro atoms. The van der Waals surface area contributed by atoms with Gasteiger partial charge in [0.05, 0.1) is 34.6 Å². The van der Waals surface area contributed by atoms with Crippen molar-refractivity contribution in [3.63, 3.8) is 0 Å². The molecule has 0 saturated heterocycles. The number of hydrogen-bond donors (Lipinski definition) is 1. The van der Waals surface area contributed by atoms with Gasteiger partial charge in [-0.15, -0.1) is 0 Å². The van der Waals surface area contributed by atoms with Crippen LogP contribution in [-0.4, -0.2) is 50.2 Å². The molecule has 1 aromatic carbocycles.